The zero-order valence-electron chi connectivity index (χ0n) is 15.5. The van der Waals surface area contributed by atoms with Gasteiger partial charge in [0, 0.05) is 43.2 Å². The number of aromatic nitrogens is 4. The molecule has 1 fully saturated rings. The predicted molar refractivity (Wildman–Crippen MR) is 105 cm³/mol. The van der Waals surface area contributed by atoms with Gasteiger partial charge in [0.25, 0.3) is 0 Å². The molecule has 7 nitrogen and oxygen atoms in total. The number of piperidine rings is 1. The number of carbonyl (C=O) groups excluding carboxylic acids is 1. The molecule has 8 heteroatoms. The van der Waals surface area contributed by atoms with E-state index in [4.69, 9.17) is 17.0 Å². The van der Waals surface area contributed by atoms with Crippen molar-refractivity contribution in [3.05, 3.63) is 41.1 Å². The minimum absolute atomic E-state index is 0.129. The highest BCUT2D eigenvalue weighted by Gasteiger charge is 2.27. The van der Waals surface area contributed by atoms with Crippen molar-refractivity contribution in [2.24, 2.45) is 7.05 Å². The molecule has 1 amide bonds. The van der Waals surface area contributed by atoms with Crippen LogP contribution in [0.3, 0.4) is 0 Å². The van der Waals surface area contributed by atoms with Crippen LogP contribution in [0.4, 0.5) is 0 Å². The monoisotopic (exact) mass is 385 g/mol. The summed E-state index contributed by atoms with van der Waals surface area (Å²) in [6.45, 7) is 1.80. The van der Waals surface area contributed by atoms with Crippen LogP contribution < -0.4 is 4.74 Å². The number of nitrogens with one attached hydrogen (secondary N) is 1. The van der Waals surface area contributed by atoms with Crippen molar-refractivity contribution < 1.29 is 9.53 Å². The first kappa shape index (κ1) is 17.8. The fourth-order valence-electron chi connectivity index (χ4n) is 3.83. The first-order chi connectivity index (χ1) is 13.1. The smallest absolute Gasteiger partial charge is 0.242 e. The third-order valence-electron chi connectivity index (χ3n) is 5.34. The van der Waals surface area contributed by atoms with Gasteiger partial charge in [-0.1, -0.05) is 0 Å². The van der Waals surface area contributed by atoms with E-state index >= 15 is 0 Å². The fraction of sp³-hybridized carbons (Fsp3) is 0.421. The van der Waals surface area contributed by atoms with Crippen LogP contribution in [0.5, 0.6) is 5.75 Å². The second kappa shape index (κ2) is 7.19. The third-order valence-corrected chi connectivity index (χ3v) is 5.70. The van der Waals surface area contributed by atoms with Crippen molar-refractivity contribution in [2.75, 3.05) is 20.2 Å². The van der Waals surface area contributed by atoms with E-state index in [1.54, 1.807) is 7.11 Å². The van der Waals surface area contributed by atoms with Gasteiger partial charge in [0.2, 0.25) is 5.91 Å². The Labute approximate surface area is 162 Å². The molecule has 0 aliphatic carbocycles. The first-order valence-corrected chi connectivity index (χ1v) is 9.49. The van der Waals surface area contributed by atoms with Crippen molar-refractivity contribution in [3.8, 4) is 5.75 Å². The lowest BCUT2D eigenvalue weighted by atomic mass is 9.97. The Hall–Kier alpha value is -2.61. The molecule has 142 valence electrons. The summed E-state index contributed by atoms with van der Waals surface area (Å²) in [6.07, 6.45) is 3.95. The van der Waals surface area contributed by atoms with Crippen LogP contribution in [0.1, 0.15) is 24.6 Å². The molecule has 1 aliphatic rings. The molecular formula is C19H23N5O2S. The second-order valence-electron chi connectivity index (χ2n) is 6.99. The summed E-state index contributed by atoms with van der Waals surface area (Å²) in [5, 5.41) is 8.27. The Bertz CT molecular complexity index is 1030. The van der Waals surface area contributed by atoms with E-state index in [9.17, 15) is 4.79 Å². The van der Waals surface area contributed by atoms with Gasteiger partial charge in [-0.15, -0.1) is 0 Å². The Morgan fingerprint density at radius 1 is 1.41 bits per heavy atom. The van der Waals surface area contributed by atoms with Crippen molar-refractivity contribution in [2.45, 2.75) is 25.3 Å². The lowest BCUT2D eigenvalue weighted by Crippen LogP contribution is -2.41. The zero-order valence-corrected chi connectivity index (χ0v) is 16.3. The minimum atomic E-state index is 0.129. The molecule has 0 radical (unpaired) electrons. The van der Waals surface area contributed by atoms with Crippen molar-refractivity contribution >= 4 is 29.0 Å². The largest absolute Gasteiger partial charge is 0.497 e. The maximum absolute atomic E-state index is 12.9. The molecular weight excluding hydrogens is 362 g/mol. The van der Waals surface area contributed by atoms with Crippen LogP contribution in [-0.2, 0) is 18.4 Å². The predicted octanol–water partition coefficient (Wildman–Crippen LogP) is 2.85. The number of H-pyrrole nitrogens is 1. The SMILES string of the molecule is COc1ccc2c(ccn2CC(=O)N2CCCC(c3n[nH]c(=S)n3C)C2)c1. The maximum atomic E-state index is 12.9. The van der Waals surface area contributed by atoms with E-state index in [0.29, 0.717) is 17.9 Å². The average Bonchev–Trinajstić information content (AvgIpc) is 3.25. The van der Waals surface area contributed by atoms with Gasteiger partial charge in [0.15, 0.2) is 4.77 Å². The van der Waals surface area contributed by atoms with Crippen molar-refractivity contribution in [1.29, 1.82) is 0 Å². The van der Waals surface area contributed by atoms with Gasteiger partial charge in [-0.3, -0.25) is 9.89 Å². The highest BCUT2D eigenvalue weighted by Crippen LogP contribution is 2.26. The summed E-state index contributed by atoms with van der Waals surface area (Å²) in [5.74, 6) is 2.09. The lowest BCUT2D eigenvalue weighted by molar-refractivity contribution is -0.133. The molecule has 0 spiro atoms. The summed E-state index contributed by atoms with van der Waals surface area (Å²) in [6, 6.07) is 7.91. The van der Waals surface area contributed by atoms with E-state index in [2.05, 4.69) is 10.2 Å². The first-order valence-electron chi connectivity index (χ1n) is 9.09. The summed E-state index contributed by atoms with van der Waals surface area (Å²) in [7, 11) is 3.57. The van der Waals surface area contributed by atoms with E-state index < -0.39 is 0 Å². The number of benzene rings is 1. The summed E-state index contributed by atoms with van der Waals surface area (Å²) < 4.78 is 9.78. The van der Waals surface area contributed by atoms with Crippen LogP contribution >= 0.6 is 12.2 Å². The van der Waals surface area contributed by atoms with E-state index in [0.717, 1.165) is 41.9 Å². The number of nitrogens with zero attached hydrogens (tertiary/aromatic N) is 4. The minimum Gasteiger partial charge on any atom is -0.497 e. The number of aromatic amines is 1. The number of likely N-dealkylation sites (tertiary alicyclic amines) is 1. The normalized spacial score (nSPS) is 17.4. The molecule has 1 unspecified atom stereocenters. The average molecular weight is 385 g/mol. The fourth-order valence-corrected chi connectivity index (χ4v) is 3.97. The Kier molecular flexibility index (Phi) is 4.73. The van der Waals surface area contributed by atoms with Gasteiger partial charge >= 0.3 is 0 Å². The number of hydrogen-bond donors (Lipinski definition) is 1. The second-order valence-corrected chi connectivity index (χ2v) is 7.38. The highest BCUT2D eigenvalue weighted by molar-refractivity contribution is 7.71. The Balaban J connectivity index is 1.49. The molecule has 1 N–H and O–H groups in total. The molecule has 1 atom stereocenters. The molecule has 4 rings (SSSR count). The molecule has 3 heterocycles. The van der Waals surface area contributed by atoms with E-state index in [-0.39, 0.29) is 11.8 Å². The standard InChI is InChI=1S/C19H23N5O2S/c1-22-18(20-21-19(22)27)14-4-3-8-24(11-14)17(25)12-23-9-7-13-10-15(26-2)5-6-16(13)23/h5-7,9-10,14H,3-4,8,11-12H2,1-2H3,(H,21,27). The molecule has 1 saturated heterocycles. The maximum Gasteiger partial charge on any atom is 0.242 e. The number of methoxy groups -OCH3 is 1. The van der Waals surface area contributed by atoms with Crippen LogP contribution in [0.25, 0.3) is 10.9 Å². The Morgan fingerprint density at radius 3 is 3.00 bits per heavy atom. The van der Waals surface area contributed by atoms with Gasteiger partial charge in [0.05, 0.1) is 7.11 Å². The molecule has 0 bridgehead atoms. The molecule has 0 saturated carbocycles. The van der Waals surface area contributed by atoms with Crippen molar-refractivity contribution in [3.63, 3.8) is 0 Å². The van der Waals surface area contributed by atoms with Crippen LogP contribution in [0, 0.1) is 4.77 Å². The molecule has 3 aromatic rings. The molecule has 2 aromatic heterocycles. The third kappa shape index (κ3) is 3.37. The number of rotatable bonds is 4. The summed E-state index contributed by atoms with van der Waals surface area (Å²) in [5.41, 5.74) is 1.03. The van der Waals surface area contributed by atoms with Crippen molar-refractivity contribution in [1.82, 2.24) is 24.2 Å². The topological polar surface area (TPSA) is 68.1 Å². The number of hydrogen-bond acceptors (Lipinski definition) is 4. The summed E-state index contributed by atoms with van der Waals surface area (Å²) >= 11 is 5.22. The molecule has 1 aliphatic heterocycles. The number of amides is 1. The molecule has 1 aromatic carbocycles. The van der Waals surface area contributed by atoms with E-state index in [1.807, 2.05) is 51.5 Å². The van der Waals surface area contributed by atoms with Crippen LogP contribution in [0.15, 0.2) is 30.5 Å². The van der Waals surface area contributed by atoms with Gasteiger partial charge in [-0.05, 0) is 49.3 Å². The lowest BCUT2D eigenvalue weighted by Gasteiger charge is -2.32. The number of ether oxygens (including phenoxy) is 1. The summed E-state index contributed by atoms with van der Waals surface area (Å²) in [4.78, 5) is 14.9. The quantitative estimate of drug-likeness (QED) is 0.701. The van der Waals surface area contributed by atoms with Crippen LogP contribution in [0.2, 0.25) is 0 Å². The number of fused-ring (bicyclic) bond motifs is 1. The van der Waals surface area contributed by atoms with Gasteiger partial charge < -0.3 is 18.8 Å². The molecule has 27 heavy (non-hydrogen) atoms. The number of carbonyl (C=O) groups is 1. The highest BCUT2D eigenvalue weighted by atomic mass is 32.1. The Morgan fingerprint density at radius 2 is 2.26 bits per heavy atom. The van der Waals surface area contributed by atoms with Crippen LogP contribution in [-0.4, -0.2) is 50.3 Å². The zero-order chi connectivity index (χ0) is 19.0. The van der Waals surface area contributed by atoms with Gasteiger partial charge in [-0.2, -0.15) is 5.10 Å². The van der Waals surface area contributed by atoms with E-state index in [1.165, 1.54) is 0 Å². The van der Waals surface area contributed by atoms with Gasteiger partial charge in [0.1, 0.15) is 18.1 Å². The van der Waals surface area contributed by atoms with Gasteiger partial charge in [-0.25, -0.2) is 0 Å².